The Kier molecular flexibility index (Phi) is 12.3. The van der Waals surface area contributed by atoms with Gasteiger partial charge in [0.15, 0.2) is 6.10 Å². The third-order valence-corrected chi connectivity index (χ3v) is 6.01. The lowest BCUT2D eigenvalue weighted by molar-refractivity contribution is -0.316. The van der Waals surface area contributed by atoms with Gasteiger partial charge in [0.25, 0.3) is 5.79 Å². The molecule has 0 saturated carbocycles. The number of halogens is 1. The van der Waals surface area contributed by atoms with Crippen LogP contribution in [0.4, 0.5) is 0 Å². The number of azide groups is 1. The molecular formula is C25H31ClN4O11. The van der Waals surface area contributed by atoms with Gasteiger partial charge >= 0.3 is 23.9 Å². The first kappa shape index (κ1) is 33.3. The van der Waals surface area contributed by atoms with Crippen LogP contribution in [0.5, 0.6) is 0 Å². The molecule has 1 aliphatic rings. The molecule has 0 spiro atoms. The largest absolute Gasteiger partial charge is 0.465 e. The molecular weight excluding hydrogens is 568 g/mol. The van der Waals surface area contributed by atoms with Crippen LogP contribution in [0.25, 0.3) is 10.4 Å². The van der Waals surface area contributed by atoms with Crippen molar-refractivity contribution in [3.05, 3.63) is 45.3 Å². The number of benzene rings is 1. The summed E-state index contributed by atoms with van der Waals surface area (Å²) < 4.78 is 33.3. The van der Waals surface area contributed by atoms with Crippen LogP contribution >= 0.6 is 11.6 Å². The lowest BCUT2D eigenvalue weighted by Crippen LogP contribution is -2.69. The van der Waals surface area contributed by atoms with Crippen molar-refractivity contribution in [2.75, 3.05) is 13.7 Å². The Hall–Kier alpha value is -3.91. The topological polar surface area (TPSA) is 202 Å². The molecule has 1 aliphatic heterocycles. The standard InChI is InChI=1S/C25H31ClN4O11/c1-13(31)29-21-19(38-14(2)32)10-25(24(35)36-5,37-12-17-6-8-18(26)9-7-17)41-23(21)22(40-16(4)34)20(11-28-30-27)39-15(3)33/h6-9,19-23H,10-12H2,1-5H3,(H,29,31)/t19-,20+,21+,22+,23+,25+/m0/s1. The summed E-state index contributed by atoms with van der Waals surface area (Å²) in [6.07, 6.45) is -6.43. The van der Waals surface area contributed by atoms with Crippen molar-refractivity contribution in [1.82, 2.24) is 5.32 Å². The molecule has 0 unspecified atom stereocenters. The summed E-state index contributed by atoms with van der Waals surface area (Å²) in [6.45, 7) is 3.64. The van der Waals surface area contributed by atoms with Crippen LogP contribution in [-0.2, 0) is 59.0 Å². The van der Waals surface area contributed by atoms with Gasteiger partial charge in [-0.3, -0.25) is 19.2 Å². The fourth-order valence-electron chi connectivity index (χ4n) is 4.26. The van der Waals surface area contributed by atoms with E-state index in [9.17, 15) is 24.0 Å². The van der Waals surface area contributed by atoms with E-state index in [0.717, 1.165) is 27.9 Å². The van der Waals surface area contributed by atoms with Gasteiger partial charge in [0.2, 0.25) is 5.91 Å². The SMILES string of the molecule is COC(=O)[C@@]1(OCc2ccc(Cl)cc2)C[C@H](OC(C)=O)[C@@H](NC(C)=O)[C@H]([C@H](OC(C)=O)[C@@H](CN=[N+]=[N-])OC(C)=O)O1. The molecule has 1 saturated heterocycles. The van der Waals surface area contributed by atoms with Gasteiger partial charge < -0.3 is 33.7 Å². The maximum Gasteiger partial charge on any atom is 0.366 e. The second kappa shape index (κ2) is 15.2. The summed E-state index contributed by atoms with van der Waals surface area (Å²) in [4.78, 5) is 64.4. The molecule has 2 rings (SSSR count). The lowest BCUT2D eigenvalue weighted by atomic mass is 9.87. The lowest BCUT2D eigenvalue weighted by Gasteiger charge is -2.48. The molecule has 1 fully saturated rings. The zero-order chi connectivity index (χ0) is 30.7. The van der Waals surface area contributed by atoms with Gasteiger partial charge in [-0.25, -0.2) is 4.79 Å². The summed E-state index contributed by atoms with van der Waals surface area (Å²) in [5, 5.41) is 6.46. The van der Waals surface area contributed by atoms with E-state index in [1.54, 1.807) is 24.3 Å². The molecule has 0 aliphatic carbocycles. The Balaban J connectivity index is 2.71. The number of hydrogen-bond acceptors (Lipinski definition) is 12. The van der Waals surface area contributed by atoms with Gasteiger partial charge in [-0.1, -0.05) is 28.8 Å². The number of carbonyl (C=O) groups excluding carboxylic acids is 5. The molecule has 1 amide bonds. The summed E-state index contributed by atoms with van der Waals surface area (Å²) >= 11 is 5.95. The third-order valence-electron chi connectivity index (χ3n) is 5.75. The van der Waals surface area contributed by atoms with Crippen LogP contribution < -0.4 is 5.32 Å². The molecule has 0 bridgehead atoms. The zero-order valence-corrected chi connectivity index (χ0v) is 23.8. The quantitative estimate of drug-likeness (QED) is 0.121. The minimum absolute atomic E-state index is 0.221. The van der Waals surface area contributed by atoms with Gasteiger partial charge in [0, 0.05) is 37.6 Å². The first-order chi connectivity index (χ1) is 19.3. The molecule has 1 aromatic rings. The fourth-order valence-corrected chi connectivity index (χ4v) is 4.38. The maximum atomic E-state index is 13.3. The zero-order valence-electron chi connectivity index (χ0n) is 23.0. The van der Waals surface area contributed by atoms with Gasteiger partial charge in [-0.05, 0) is 23.2 Å². The Bertz CT molecular complexity index is 1170. The van der Waals surface area contributed by atoms with Crippen molar-refractivity contribution in [2.45, 2.75) is 77.0 Å². The van der Waals surface area contributed by atoms with Crippen LogP contribution in [0.15, 0.2) is 29.4 Å². The van der Waals surface area contributed by atoms with Crippen LogP contribution in [0, 0.1) is 0 Å². The number of rotatable bonds is 12. The molecule has 224 valence electrons. The molecule has 1 aromatic carbocycles. The van der Waals surface area contributed by atoms with E-state index < -0.39 is 79.0 Å². The highest BCUT2D eigenvalue weighted by Gasteiger charge is 2.59. The minimum atomic E-state index is -2.29. The van der Waals surface area contributed by atoms with Gasteiger partial charge in [-0.2, -0.15) is 0 Å². The summed E-state index contributed by atoms with van der Waals surface area (Å²) in [5.74, 6) is -6.42. The highest BCUT2D eigenvalue weighted by atomic mass is 35.5. The van der Waals surface area contributed by atoms with E-state index in [0.29, 0.717) is 10.6 Å². The Morgan fingerprint density at radius 1 is 1.10 bits per heavy atom. The van der Waals surface area contributed by atoms with Crippen molar-refractivity contribution in [3.8, 4) is 0 Å². The normalized spacial score (nSPS) is 23.1. The Morgan fingerprint density at radius 2 is 1.73 bits per heavy atom. The summed E-state index contributed by atoms with van der Waals surface area (Å²) in [7, 11) is 1.07. The van der Waals surface area contributed by atoms with E-state index in [-0.39, 0.29) is 6.61 Å². The molecule has 6 atom stereocenters. The maximum absolute atomic E-state index is 13.3. The molecule has 1 N–H and O–H groups in total. The smallest absolute Gasteiger partial charge is 0.366 e. The molecule has 0 radical (unpaired) electrons. The predicted molar refractivity (Wildman–Crippen MR) is 139 cm³/mol. The highest BCUT2D eigenvalue weighted by Crippen LogP contribution is 2.37. The number of hydrogen-bond donors (Lipinski definition) is 1. The van der Waals surface area contributed by atoms with Gasteiger partial charge in [0.1, 0.15) is 18.3 Å². The van der Waals surface area contributed by atoms with E-state index in [1.165, 1.54) is 6.92 Å². The fraction of sp³-hybridized carbons (Fsp3) is 0.560. The second-order valence-corrected chi connectivity index (χ2v) is 9.39. The number of amides is 1. The second-order valence-electron chi connectivity index (χ2n) is 8.96. The summed E-state index contributed by atoms with van der Waals surface area (Å²) in [5.41, 5.74) is 9.47. The molecule has 41 heavy (non-hydrogen) atoms. The Morgan fingerprint density at radius 3 is 2.24 bits per heavy atom. The van der Waals surface area contributed by atoms with Crippen LogP contribution in [0.3, 0.4) is 0 Å². The number of methoxy groups -OCH3 is 1. The van der Waals surface area contributed by atoms with Crippen molar-refractivity contribution in [3.63, 3.8) is 0 Å². The average molecular weight is 599 g/mol. The molecule has 0 aromatic heterocycles. The minimum Gasteiger partial charge on any atom is -0.465 e. The molecule has 1 heterocycles. The molecule has 15 nitrogen and oxygen atoms in total. The van der Waals surface area contributed by atoms with Crippen LogP contribution in [0.2, 0.25) is 5.02 Å². The van der Waals surface area contributed by atoms with Crippen LogP contribution in [-0.4, -0.2) is 79.7 Å². The number of carbonyl (C=O) groups is 5. The number of esters is 4. The van der Waals surface area contributed by atoms with Crippen LogP contribution in [0.1, 0.15) is 39.7 Å². The monoisotopic (exact) mass is 598 g/mol. The van der Waals surface area contributed by atoms with Crippen molar-refractivity contribution < 1.29 is 52.4 Å². The summed E-state index contributed by atoms with van der Waals surface area (Å²) in [6, 6.07) is 5.19. The van der Waals surface area contributed by atoms with Gasteiger partial charge in [-0.15, -0.1) is 0 Å². The van der Waals surface area contributed by atoms with Crippen molar-refractivity contribution in [2.24, 2.45) is 5.11 Å². The molecule has 16 heteroatoms. The predicted octanol–water partition coefficient (Wildman–Crippen LogP) is 2.12. The third kappa shape index (κ3) is 9.60. The Labute approximate surface area is 240 Å². The van der Waals surface area contributed by atoms with E-state index >= 15 is 0 Å². The number of ether oxygens (including phenoxy) is 6. The van der Waals surface area contributed by atoms with E-state index in [1.807, 2.05) is 0 Å². The van der Waals surface area contributed by atoms with E-state index in [4.69, 9.17) is 45.6 Å². The average Bonchev–Trinajstić information content (AvgIpc) is 2.89. The first-order valence-corrected chi connectivity index (χ1v) is 12.6. The van der Waals surface area contributed by atoms with Crippen molar-refractivity contribution >= 4 is 41.4 Å². The first-order valence-electron chi connectivity index (χ1n) is 12.3. The van der Waals surface area contributed by atoms with Gasteiger partial charge in [0.05, 0.1) is 32.7 Å². The highest BCUT2D eigenvalue weighted by molar-refractivity contribution is 6.30. The number of nitrogens with one attached hydrogen (secondary N) is 1. The number of nitrogens with zero attached hydrogens (tertiary/aromatic N) is 3. The van der Waals surface area contributed by atoms with Crippen molar-refractivity contribution in [1.29, 1.82) is 0 Å². The van der Waals surface area contributed by atoms with E-state index in [2.05, 4.69) is 15.3 Å².